The summed E-state index contributed by atoms with van der Waals surface area (Å²) in [6.45, 7) is 1.51. The zero-order valence-electron chi connectivity index (χ0n) is 8.55. The first-order chi connectivity index (χ1) is 7.33. The molecule has 15 heavy (non-hydrogen) atoms. The topological polar surface area (TPSA) is 81.1 Å². The van der Waals surface area contributed by atoms with Crippen LogP contribution in [-0.2, 0) is 0 Å². The Labute approximate surface area is 87.1 Å². The number of nitrogens with zero attached hydrogens (tertiary/aromatic N) is 4. The van der Waals surface area contributed by atoms with Crippen molar-refractivity contribution in [2.45, 2.75) is 6.42 Å². The van der Waals surface area contributed by atoms with Gasteiger partial charge in [0.2, 0.25) is 0 Å². The SMILES string of the molecule is CN(CCCN)c1ncnc2ocnc12. The summed E-state index contributed by atoms with van der Waals surface area (Å²) in [5.41, 5.74) is 6.66. The summed E-state index contributed by atoms with van der Waals surface area (Å²) in [6.07, 6.45) is 3.77. The molecule has 6 nitrogen and oxygen atoms in total. The Morgan fingerprint density at radius 2 is 2.27 bits per heavy atom. The van der Waals surface area contributed by atoms with Crippen molar-refractivity contribution < 1.29 is 4.42 Å². The molecule has 2 rings (SSSR count). The quantitative estimate of drug-likeness (QED) is 0.781. The summed E-state index contributed by atoms with van der Waals surface area (Å²) in [4.78, 5) is 14.2. The minimum atomic E-state index is 0.514. The molecule has 0 aromatic carbocycles. The molecular formula is C9H13N5O. The Hall–Kier alpha value is -1.69. The summed E-state index contributed by atoms with van der Waals surface area (Å²) in [6, 6.07) is 0. The summed E-state index contributed by atoms with van der Waals surface area (Å²) in [7, 11) is 1.95. The molecule has 0 aliphatic carbocycles. The lowest BCUT2D eigenvalue weighted by atomic mass is 10.4. The molecule has 0 saturated heterocycles. The molecule has 0 bridgehead atoms. The summed E-state index contributed by atoms with van der Waals surface area (Å²) >= 11 is 0. The van der Waals surface area contributed by atoms with Gasteiger partial charge < -0.3 is 15.1 Å². The second-order valence-electron chi connectivity index (χ2n) is 3.27. The normalized spacial score (nSPS) is 10.8. The van der Waals surface area contributed by atoms with E-state index in [0.717, 1.165) is 18.8 Å². The lowest BCUT2D eigenvalue weighted by Gasteiger charge is -2.16. The first-order valence-electron chi connectivity index (χ1n) is 4.78. The van der Waals surface area contributed by atoms with Gasteiger partial charge in [0, 0.05) is 13.6 Å². The molecule has 0 aliphatic heterocycles. The van der Waals surface area contributed by atoms with Gasteiger partial charge in [-0.25, -0.2) is 9.97 Å². The molecular weight excluding hydrogens is 194 g/mol. The van der Waals surface area contributed by atoms with Crippen molar-refractivity contribution in [3.05, 3.63) is 12.7 Å². The van der Waals surface area contributed by atoms with Gasteiger partial charge in [-0.1, -0.05) is 0 Å². The fourth-order valence-corrected chi connectivity index (χ4v) is 1.40. The molecule has 0 radical (unpaired) electrons. The Kier molecular flexibility index (Phi) is 2.77. The zero-order valence-corrected chi connectivity index (χ0v) is 8.55. The Bertz CT molecular complexity index is 441. The van der Waals surface area contributed by atoms with Crippen LogP contribution in [0, 0.1) is 0 Å². The molecule has 0 fully saturated rings. The number of nitrogens with two attached hydrogens (primary N) is 1. The number of aromatic nitrogens is 3. The largest absolute Gasteiger partial charge is 0.425 e. The van der Waals surface area contributed by atoms with Gasteiger partial charge >= 0.3 is 0 Å². The van der Waals surface area contributed by atoms with Crippen LogP contribution < -0.4 is 10.6 Å². The first-order valence-corrected chi connectivity index (χ1v) is 4.78. The maximum absolute atomic E-state index is 5.45. The van der Waals surface area contributed by atoms with Crippen molar-refractivity contribution in [1.82, 2.24) is 15.0 Å². The number of hydrogen-bond acceptors (Lipinski definition) is 6. The molecule has 2 aromatic heterocycles. The molecule has 2 heterocycles. The highest BCUT2D eigenvalue weighted by Crippen LogP contribution is 2.19. The molecule has 80 valence electrons. The Morgan fingerprint density at radius 3 is 3.07 bits per heavy atom. The van der Waals surface area contributed by atoms with Gasteiger partial charge in [0.25, 0.3) is 5.71 Å². The number of oxazole rings is 1. The Balaban J connectivity index is 2.29. The van der Waals surface area contributed by atoms with E-state index in [2.05, 4.69) is 15.0 Å². The maximum Gasteiger partial charge on any atom is 0.252 e. The molecule has 2 N–H and O–H groups in total. The van der Waals surface area contributed by atoms with Crippen LogP contribution in [0.4, 0.5) is 5.82 Å². The van der Waals surface area contributed by atoms with Gasteiger partial charge in [0.05, 0.1) is 0 Å². The average Bonchev–Trinajstić information content (AvgIpc) is 2.73. The average molecular weight is 207 g/mol. The van der Waals surface area contributed by atoms with Crippen molar-refractivity contribution in [2.75, 3.05) is 25.0 Å². The smallest absolute Gasteiger partial charge is 0.252 e. The van der Waals surface area contributed by atoms with Crippen LogP contribution >= 0.6 is 0 Å². The fraction of sp³-hybridized carbons (Fsp3) is 0.444. The van der Waals surface area contributed by atoms with E-state index in [1.54, 1.807) is 0 Å². The number of fused-ring (bicyclic) bond motifs is 1. The van der Waals surface area contributed by atoms with E-state index in [0.29, 0.717) is 17.8 Å². The van der Waals surface area contributed by atoms with Gasteiger partial charge in [0.1, 0.15) is 6.33 Å². The molecule has 0 amide bonds. The van der Waals surface area contributed by atoms with Crippen molar-refractivity contribution in [1.29, 1.82) is 0 Å². The molecule has 0 saturated carbocycles. The molecule has 6 heteroatoms. The van der Waals surface area contributed by atoms with E-state index >= 15 is 0 Å². The van der Waals surface area contributed by atoms with Gasteiger partial charge in [-0.05, 0) is 13.0 Å². The number of rotatable bonds is 4. The lowest BCUT2D eigenvalue weighted by molar-refractivity contribution is 0.590. The van der Waals surface area contributed by atoms with Gasteiger partial charge in [-0.15, -0.1) is 0 Å². The van der Waals surface area contributed by atoms with Crippen molar-refractivity contribution in [3.63, 3.8) is 0 Å². The zero-order chi connectivity index (χ0) is 10.7. The van der Waals surface area contributed by atoms with E-state index in [9.17, 15) is 0 Å². The van der Waals surface area contributed by atoms with Crippen LogP contribution in [0.5, 0.6) is 0 Å². The Morgan fingerprint density at radius 1 is 1.40 bits per heavy atom. The van der Waals surface area contributed by atoms with E-state index in [1.807, 2.05) is 11.9 Å². The maximum atomic E-state index is 5.45. The monoisotopic (exact) mass is 207 g/mol. The molecule has 0 unspecified atom stereocenters. The summed E-state index contributed by atoms with van der Waals surface area (Å²) in [5.74, 6) is 0.780. The van der Waals surface area contributed by atoms with Crippen molar-refractivity contribution >= 4 is 17.0 Å². The highest BCUT2D eigenvalue weighted by Gasteiger charge is 2.11. The third-order valence-corrected chi connectivity index (χ3v) is 2.17. The van der Waals surface area contributed by atoms with Gasteiger partial charge in [0.15, 0.2) is 17.7 Å². The van der Waals surface area contributed by atoms with Crippen LogP contribution in [-0.4, -0.2) is 35.1 Å². The summed E-state index contributed by atoms with van der Waals surface area (Å²) in [5, 5.41) is 0. The molecule has 0 spiro atoms. The van der Waals surface area contributed by atoms with Crippen LogP contribution in [0.25, 0.3) is 11.2 Å². The highest BCUT2D eigenvalue weighted by atomic mass is 16.3. The van der Waals surface area contributed by atoms with Gasteiger partial charge in [-0.3, -0.25) is 0 Å². The van der Waals surface area contributed by atoms with Crippen molar-refractivity contribution in [3.8, 4) is 0 Å². The third kappa shape index (κ3) is 1.89. The predicted molar refractivity (Wildman–Crippen MR) is 56.5 cm³/mol. The van der Waals surface area contributed by atoms with Gasteiger partial charge in [-0.2, -0.15) is 4.98 Å². The number of hydrogen-bond donors (Lipinski definition) is 1. The highest BCUT2D eigenvalue weighted by molar-refractivity contribution is 5.80. The van der Waals surface area contributed by atoms with Crippen molar-refractivity contribution in [2.24, 2.45) is 5.73 Å². The fourth-order valence-electron chi connectivity index (χ4n) is 1.40. The van der Waals surface area contributed by atoms with E-state index in [-0.39, 0.29) is 0 Å². The predicted octanol–water partition coefficient (Wildman–Crippen LogP) is 0.403. The lowest BCUT2D eigenvalue weighted by Crippen LogP contribution is -2.22. The van der Waals surface area contributed by atoms with E-state index in [4.69, 9.17) is 10.2 Å². The van der Waals surface area contributed by atoms with E-state index in [1.165, 1.54) is 12.7 Å². The van der Waals surface area contributed by atoms with Crippen LogP contribution in [0.1, 0.15) is 6.42 Å². The minimum Gasteiger partial charge on any atom is -0.425 e. The number of anilines is 1. The minimum absolute atomic E-state index is 0.514. The second kappa shape index (κ2) is 4.22. The second-order valence-corrected chi connectivity index (χ2v) is 3.27. The molecule has 0 atom stereocenters. The molecule has 2 aromatic rings. The summed E-state index contributed by atoms with van der Waals surface area (Å²) < 4.78 is 5.10. The standard InChI is InChI=1S/C9H13N5O/c1-14(4-2-3-10)8-7-9(12-5-11-8)15-6-13-7/h5-6H,2-4,10H2,1H3. The third-order valence-electron chi connectivity index (χ3n) is 2.17. The van der Waals surface area contributed by atoms with E-state index < -0.39 is 0 Å². The first kappa shape index (κ1) is 9.85. The van der Waals surface area contributed by atoms with Crippen LogP contribution in [0.2, 0.25) is 0 Å². The molecule has 0 aliphatic rings. The van der Waals surface area contributed by atoms with Crippen LogP contribution in [0.15, 0.2) is 17.1 Å². The van der Waals surface area contributed by atoms with Crippen LogP contribution in [0.3, 0.4) is 0 Å².